The molecule has 0 atom stereocenters. The van der Waals surface area contributed by atoms with E-state index < -0.39 is 11.5 Å². The molecular weight excluding hydrogens is 555 g/mol. The average molecular weight is 589 g/mol. The maximum atomic E-state index is 13.9. The zero-order chi connectivity index (χ0) is 30.5. The Morgan fingerprint density at radius 1 is 0.773 bits per heavy atom. The Morgan fingerprint density at radius 3 is 2.09 bits per heavy atom. The molecule has 2 amide bonds. The molecule has 44 heavy (non-hydrogen) atoms. The minimum absolute atomic E-state index is 0.146. The van der Waals surface area contributed by atoms with Crippen molar-refractivity contribution in [1.82, 2.24) is 10.2 Å². The van der Waals surface area contributed by atoms with E-state index in [1.165, 1.54) is 12.1 Å². The summed E-state index contributed by atoms with van der Waals surface area (Å²) in [5.41, 5.74) is 3.03. The molecule has 7 heteroatoms. The lowest BCUT2D eigenvalue weighted by Crippen LogP contribution is -2.53. The van der Waals surface area contributed by atoms with Gasteiger partial charge in [-0.25, -0.2) is 9.18 Å². The third-order valence-electron chi connectivity index (χ3n) is 8.44. The first kappa shape index (κ1) is 28.9. The summed E-state index contributed by atoms with van der Waals surface area (Å²) in [6.45, 7) is 0.989. The number of nitrogens with zero attached hydrogens (tertiary/aromatic N) is 1. The standard InChI is InChI=1S/C37H33FN2O4/c1-43-33-17-11-29-12-18-34(24-30(29)23-33)44-36(42)40-21-19-37(20-22-40,31-13-15-32(38)16-14-31)35(41)39-25-26-7-9-28(10-8-26)27-5-3-2-4-6-27/h2-18,23-24H,19-22,25H2,1H3,(H,39,41). The van der Waals surface area contributed by atoms with Gasteiger partial charge in [0.1, 0.15) is 17.3 Å². The average Bonchev–Trinajstić information content (AvgIpc) is 3.07. The molecule has 6 rings (SSSR count). The maximum Gasteiger partial charge on any atom is 0.415 e. The van der Waals surface area contributed by atoms with Crippen molar-refractivity contribution < 1.29 is 23.5 Å². The van der Waals surface area contributed by atoms with E-state index in [1.807, 2.05) is 72.8 Å². The number of rotatable bonds is 7. The minimum Gasteiger partial charge on any atom is -0.497 e. The fourth-order valence-corrected chi connectivity index (χ4v) is 5.84. The summed E-state index contributed by atoms with van der Waals surface area (Å²) >= 11 is 0. The van der Waals surface area contributed by atoms with Gasteiger partial charge in [0.25, 0.3) is 0 Å². The van der Waals surface area contributed by atoms with Crippen molar-refractivity contribution >= 4 is 22.8 Å². The molecule has 1 N–H and O–H groups in total. The second-order valence-electron chi connectivity index (χ2n) is 11.1. The number of methoxy groups -OCH3 is 1. The number of likely N-dealkylation sites (tertiary alicyclic amines) is 1. The van der Waals surface area contributed by atoms with Gasteiger partial charge in [-0.2, -0.15) is 0 Å². The van der Waals surface area contributed by atoms with E-state index in [2.05, 4.69) is 17.4 Å². The highest BCUT2D eigenvalue weighted by Gasteiger charge is 2.44. The predicted molar refractivity (Wildman–Crippen MR) is 169 cm³/mol. The van der Waals surface area contributed by atoms with Crippen molar-refractivity contribution in [3.8, 4) is 22.6 Å². The zero-order valence-corrected chi connectivity index (χ0v) is 24.5. The topological polar surface area (TPSA) is 67.9 Å². The van der Waals surface area contributed by atoms with Gasteiger partial charge in [-0.05, 0) is 82.3 Å². The molecule has 0 aliphatic carbocycles. The minimum atomic E-state index is -0.909. The van der Waals surface area contributed by atoms with Gasteiger partial charge >= 0.3 is 6.09 Å². The highest BCUT2D eigenvalue weighted by molar-refractivity contribution is 5.89. The number of piperidine rings is 1. The van der Waals surface area contributed by atoms with E-state index in [9.17, 15) is 14.0 Å². The summed E-state index contributed by atoms with van der Waals surface area (Å²) < 4.78 is 24.9. The van der Waals surface area contributed by atoms with Crippen LogP contribution in [0.15, 0.2) is 115 Å². The van der Waals surface area contributed by atoms with Crippen LogP contribution in [0.3, 0.4) is 0 Å². The van der Waals surface area contributed by atoms with E-state index in [4.69, 9.17) is 9.47 Å². The fourth-order valence-electron chi connectivity index (χ4n) is 5.84. The second kappa shape index (κ2) is 12.6. The van der Waals surface area contributed by atoms with Crippen LogP contribution in [0.4, 0.5) is 9.18 Å². The van der Waals surface area contributed by atoms with E-state index in [-0.39, 0.29) is 11.7 Å². The molecule has 1 aliphatic rings. The summed E-state index contributed by atoms with van der Waals surface area (Å²) in [5, 5.41) is 5.02. The van der Waals surface area contributed by atoms with Crippen LogP contribution in [0.25, 0.3) is 21.9 Å². The number of hydrogen-bond acceptors (Lipinski definition) is 4. The third kappa shape index (κ3) is 6.13. The zero-order valence-electron chi connectivity index (χ0n) is 24.5. The van der Waals surface area contributed by atoms with Crippen molar-refractivity contribution in [3.05, 3.63) is 132 Å². The first-order valence-electron chi connectivity index (χ1n) is 14.7. The molecule has 1 heterocycles. The number of benzene rings is 5. The summed E-state index contributed by atoms with van der Waals surface area (Å²) in [7, 11) is 1.61. The number of carbonyl (C=O) groups is 2. The highest BCUT2D eigenvalue weighted by Crippen LogP contribution is 2.37. The first-order valence-corrected chi connectivity index (χ1v) is 14.7. The van der Waals surface area contributed by atoms with Crippen LogP contribution in [0.1, 0.15) is 24.0 Å². The molecule has 1 aliphatic heterocycles. The molecule has 1 saturated heterocycles. The number of nitrogens with one attached hydrogen (secondary N) is 1. The van der Waals surface area contributed by atoms with Gasteiger partial charge in [0, 0.05) is 19.6 Å². The number of amides is 2. The molecule has 6 nitrogen and oxygen atoms in total. The Morgan fingerprint density at radius 2 is 1.41 bits per heavy atom. The van der Waals surface area contributed by atoms with Crippen molar-refractivity contribution in [2.75, 3.05) is 20.2 Å². The SMILES string of the molecule is COc1ccc2ccc(OC(=O)N3CCC(C(=O)NCc4ccc(-c5ccccc5)cc4)(c4ccc(F)cc4)CC3)cc2c1. The Balaban J connectivity index is 1.14. The number of carbonyl (C=O) groups excluding carboxylic acids is 2. The van der Waals surface area contributed by atoms with Crippen LogP contribution < -0.4 is 14.8 Å². The first-order chi connectivity index (χ1) is 21.4. The Labute approximate surface area is 256 Å². The van der Waals surface area contributed by atoms with Crippen molar-refractivity contribution in [1.29, 1.82) is 0 Å². The number of ether oxygens (including phenoxy) is 2. The molecule has 222 valence electrons. The van der Waals surface area contributed by atoms with Gasteiger partial charge in [-0.3, -0.25) is 4.79 Å². The lowest BCUT2D eigenvalue weighted by Gasteiger charge is -2.40. The van der Waals surface area contributed by atoms with Crippen LogP contribution in [-0.2, 0) is 16.8 Å². The quantitative estimate of drug-likeness (QED) is 0.214. The summed E-state index contributed by atoms with van der Waals surface area (Å²) in [6, 6.07) is 35.5. The van der Waals surface area contributed by atoms with Crippen molar-refractivity contribution in [3.63, 3.8) is 0 Å². The molecule has 0 aromatic heterocycles. The normalized spacial score (nSPS) is 14.2. The molecule has 0 radical (unpaired) electrons. The van der Waals surface area contributed by atoms with Gasteiger partial charge in [-0.15, -0.1) is 0 Å². The smallest absolute Gasteiger partial charge is 0.415 e. The van der Waals surface area contributed by atoms with Gasteiger partial charge in [0.05, 0.1) is 12.5 Å². The van der Waals surface area contributed by atoms with E-state index in [1.54, 1.807) is 30.2 Å². The molecule has 0 spiro atoms. The summed E-state index contributed by atoms with van der Waals surface area (Å²) in [5.74, 6) is 0.642. The van der Waals surface area contributed by atoms with Gasteiger partial charge in [-0.1, -0.05) is 78.9 Å². The van der Waals surface area contributed by atoms with Crippen LogP contribution in [0, 0.1) is 5.82 Å². The van der Waals surface area contributed by atoms with E-state index in [0.717, 1.165) is 38.8 Å². The van der Waals surface area contributed by atoms with Crippen LogP contribution in [0.5, 0.6) is 11.5 Å². The van der Waals surface area contributed by atoms with Crippen molar-refractivity contribution in [2.45, 2.75) is 24.8 Å². The summed E-state index contributed by atoms with van der Waals surface area (Å²) in [4.78, 5) is 28.6. The number of hydrogen-bond donors (Lipinski definition) is 1. The second-order valence-corrected chi connectivity index (χ2v) is 11.1. The monoisotopic (exact) mass is 588 g/mol. The molecular formula is C37H33FN2O4. The molecule has 0 saturated carbocycles. The number of fused-ring (bicyclic) bond motifs is 1. The van der Waals surface area contributed by atoms with Crippen LogP contribution >= 0.6 is 0 Å². The molecule has 0 bridgehead atoms. The lowest BCUT2D eigenvalue weighted by molar-refractivity contribution is -0.128. The Hall–Kier alpha value is -5.17. The van der Waals surface area contributed by atoms with Gasteiger partial charge < -0.3 is 19.7 Å². The molecule has 1 fully saturated rings. The number of halogens is 1. The highest BCUT2D eigenvalue weighted by atomic mass is 19.1. The van der Waals surface area contributed by atoms with Gasteiger partial charge in [0.15, 0.2) is 0 Å². The molecule has 0 unspecified atom stereocenters. The Bertz CT molecular complexity index is 1760. The Kier molecular flexibility index (Phi) is 8.28. The van der Waals surface area contributed by atoms with Crippen LogP contribution in [0.2, 0.25) is 0 Å². The van der Waals surface area contributed by atoms with Crippen molar-refractivity contribution in [2.24, 2.45) is 0 Å². The third-order valence-corrected chi connectivity index (χ3v) is 8.44. The molecule has 5 aromatic carbocycles. The van der Waals surface area contributed by atoms with E-state index in [0.29, 0.717) is 38.2 Å². The fraction of sp³-hybridized carbons (Fsp3) is 0.189. The summed E-state index contributed by atoms with van der Waals surface area (Å²) in [6.07, 6.45) is 0.280. The van der Waals surface area contributed by atoms with Gasteiger partial charge in [0.2, 0.25) is 5.91 Å². The van der Waals surface area contributed by atoms with Crippen LogP contribution in [-0.4, -0.2) is 37.1 Å². The lowest BCUT2D eigenvalue weighted by atomic mass is 9.72. The maximum absolute atomic E-state index is 13.9. The molecule has 5 aromatic rings. The van der Waals surface area contributed by atoms with E-state index >= 15 is 0 Å². The largest absolute Gasteiger partial charge is 0.497 e. The predicted octanol–water partition coefficient (Wildman–Crippen LogP) is 7.50.